The average Bonchev–Trinajstić information content (AvgIpc) is 2.87. The number of aryl methyl sites for hydroxylation is 1. The number of hydrogen-bond acceptors (Lipinski definition) is 5. The van der Waals surface area contributed by atoms with Crippen LogP contribution in [0.25, 0.3) is 0 Å². The van der Waals surface area contributed by atoms with Crippen molar-refractivity contribution in [3.05, 3.63) is 58.6 Å². The Labute approximate surface area is 163 Å². The molecule has 0 unspecified atom stereocenters. The molecule has 0 bridgehead atoms. The third-order valence-corrected chi connectivity index (χ3v) is 7.64. The predicted molar refractivity (Wildman–Crippen MR) is 103 cm³/mol. The van der Waals surface area contributed by atoms with E-state index in [9.17, 15) is 21.6 Å². The van der Waals surface area contributed by atoms with Crippen LogP contribution in [-0.2, 0) is 31.4 Å². The lowest BCUT2D eigenvalue weighted by molar-refractivity contribution is -0.116. The predicted octanol–water partition coefficient (Wildman–Crippen LogP) is 2.19. The largest absolute Gasteiger partial charge is 0.273 e. The maximum Gasteiger partial charge on any atom is 0.242 e. The van der Waals surface area contributed by atoms with Gasteiger partial charge in [-0.1, -0.05) is 23.7 Å². The summed E-state index contributed by atoms with van der Waals surface area (Å²) >= 11 is 5.81. The molecule has 1 fully saturated rings. The summed E-state index contributed by atoms with van der Waals surface area (Å²) in [7, 11) is -7.51. The summed E-state index contributed by atoms with van der Waals surface area (Å²) in [5.41, 5.74) is 1.23. The van der Waals surface area contributed by atoms with Crippen LogP contribution >= 0.6 is 11.6 Å². The van der Waals surface area contributed by atoms with Gasteiger partial charge < -0.3 is 0 Å². The van der Waals surface area contributed by atoms with Gasteiger partial charge in [-0.25, -0.2) is 25.9 Å². The number of sulfonamides is 2. The van der Waals surface area contributed by atoms with E-state index in [0.717, 1.165) is 9.87 Å². The number of hydrogen-bond donors (Lipinski definition) is 1. The van der Waals surface area contributed by atoms with Crippen molar-refractivity contribution in [3.63, 3.8) is 0 Å². The van der Waals surface area contributed by atoms with Crippen LogP contribution in [-0.4, -0.2) is 28.5 Å². The molecule has 0 radical (unpaired) electrons. The molecular formula is C17H17ClN2O5S2. The number of nitrogens with one attached hydrogen (secondary N) is 1. The number of carbonyl (C=O) groups is 1. The summed E-state index contributed by atoms with van der Waals surface area (Å²) in [4.78, 5) is 11.9. The topological polar surface area (TPSA) is 101 Å². The highest BCUT2D eigenvalue weighted by Crippen LogP contribution is 2.28. The number of amides is 1. The van der Waals surface area contributed by atoms with Gasteiger partial charge in [0.2, 0.25) is 26.0 Å². The molecule has 7 nitrogen and oxygen atoms in total. The van der Waals surface area contributed by atoms with Crippen molar-refractivity contribution in [2.75, 3.05) is 10.1 Å². The van der Waals surface area contributed by atoms with Gasteiger partial charge in [0.05, 0.1) is 16.3 Å². The van der Waals surface area contributed by atoms with E-state index in [-0.39, 0.29) is 29.3 Å². The summed E-state index contributed by atoms with van der Waals surface area (Å²) in [6.07, 6.45) is -0.0793. The fourth-order valence-corrected chi connectivity index (χ4v) is 5.61. The maximum atomic E-state index is 12.6. The first-order chi connectivity index (χ1) is 12.6. The van der Waals surface area contributed by atoms with Gasteiger partial charge in [-0.2, -0.15) is 0 Å². The first-order valence-electron chi connectivity index (χ1n) is 8.01. The van der Waals surface area contributed by atoms with Gasteiger partial charge in [0.25, 0.3) is 0 Å². The molecule has 1 aliphatic heterocycles. The van der Waals surface area contributed by atoms with Gasteiger partial charge in [-0.05, 0) is 48.4 Å². The Hall–Kier alpha value is -1.94. The molecule has 0 atom stereocenters. The van der Waals surface area contributed by atoms with Gasteiger partial charge >= 0.3 is 0 Å². The Balaban J connectivity index is 1.84. The maximum absolute atomic E-state index is 12.6. The van der Waals surface area contributed by atoms with E-state index in [1.807, 2.05) is 0 Å². The Morgan fingerprint density at radius 1 is 1.15 bits per heavy atom. The molecule has 3 rings (SSSR count). The van der Waals surface area contributed by atoms with Gasteiger partial charge in [0.1, 0.15) is 0 Å². The van der Waals surface area contributed by atoms with Crippen LogP contribution in [0.2, 0.25) is 5.02 Å². The van der Waals surface area contributed by atoms with E-state index < -0.39 is 26.0 Å². The van der Waals surface area contributed by atoms with Crippen LogP contribution in [0.4, 0.5) is 5.69 Å². The lowest BCUT2D eigenvalue weighted by Gasteiger charge is -2.17. The monoisotopic (exact) mass is 428 g/mol. The Bertz CT molecular complexity index is 1100. The number of carbonyl (C=O) groups excluding carboxylic acids is 1. The van der Waals surface area contributed by atoms with Crippen molar-refractivity contribution in [3.8, 4) is 0 Å². The van der Waals surface area contributed by atoms with Crippen molar-refractivity contribution >= 4 is 43.2 Å². The zero-order valence-electron chi connectivity index (χ0n) is 14.3. The normalized spacial score (nSPS) is 16.7. The number of halogens is 1. The zero-order chi connectivity index (χ0) is 19.8. The molecule has 144 valence electrons. The van der Waals surface area contributed by atoms with Gasteiger partial charge in [0.15, 0.2) is 0 Å². The minimum atomic E-state index is -3.82. The van der Waals surface area contributed by atoms with Crippen molar-refractivity contribution < 1.29 is 21.6 Å². The summed E-state index contributed by atoms with van der Waals surface area (Å²) < 4.78 is 52.4. The van der Waals surface area contributed by atoms with Crippen molar-refractivity contribution in [1.29, 1.82) is 0 Å². The van der Waals surface area contributed by atoms with Crippen molar-refractivity contribution in [2.24, 2.45) is 0 Å². The van der Waals surface area contributed by atoms with E-state index in [0.29, 0.717) is 10.6 Å². The second kappa shape index (κ2) is 7.23. The molecule has 1 heterocycles. The van der Waals surface area contributed by atoms with Crippen LogP contribution in [0.1, 0.15) is 17.5 Å². The zero-order valence-corrected chi connectivity index (χ0v) is 16.7. The molecule has 10 heteroatoms. The molecular weight excluding hydrogens is 412 g/mol. The van der Waals surface area contributed by atoms with Gasteiger partial charge in [-0.3, -0.25) is 4.79 Å². The highest BCUT2D eigenvalue weighted by molar-refractivity contribution is 7.94. The molecule has 27 heavy (non-hydrogen) atoms. The van der Waals surface area contributed by atoms with Crippen LogP contribution in [0.15, 0.2) is 47.4 Å². The number of nitrogens with zero attached hydrogens (tertiary/aromatic N) is 1. The second-order valence-corrected chi connectivity index (χ2v) is 10.2. The Morgan fingerprint density at radius 3 is 2.37 bits per heavy atom. The third kappa shape index (κ3) is 4.16. The number of anilines is 1. The van der Waals surface area contributed by atoms with Crippen LogP contribution in [0, 0.1) is 6.92 Å². The van der Waals surface area contributed by atoms with E-state index in [2.05, 4.69) is 4.72 Å². The Kier molecular flexibility index (Phi) is 5.31. The first kappa shape index (κ1) is 19.8. The highest BCUT2D eigenvalue weighted by atomic mass is 35.5. The van der Waals surface area contributed by atoms with Crippen LogP contribution in [0.5, 0.6) is 0 Å². The fourth-order valence-electron chi connectivity index (χ4n) is 2.79. The van der Waals surface area contributed by atoms with Crippen LogP contribution < -0.4 is 9.03 Å². The molecule has 2 aromatic rings. The van der Waals surface area contributed by atoms with Crippen molar-refractivity contribution in [2.45, 2.75) is 24.8 Å². The number of rotatable bonds is 5. The SMILES string of the molecule is Cc1cc(N2C(=O)CCS2(=O)=O)ccc1S(=O)(=O)NCc1ccc(Cl)cc1. The Morgan fingerprint density at radius 2 is 1.81 bits per heavy atom. The molecule has 2 aromatic carbocycles. The summed E-state index contributed by atoms with van der Waals surface area (Å²) in [5, 5.41) is 0.555. The van der Waals surface area contributed by atoms with Gasteiger partial charge in [0, 0.05) is 18.0 Å². The molecule has 1 N–H and O–H groups in total. The van der Waals surface area contributed by atoms with Crippen molar-refractivity contribution in [1.82, 2.24) is 4.72 Å². The fraction of sp³-hybridized carbons (Fsp3) is 0.235. The molecule has 1 aliphatic rings. The van der Waals surface area contributed by atoms with E-state index >= 15 is 0 Å². The van der Waals surface area contributed by atoms with E-state index in [1.54, 1.807) is 31.2 Å². The lowest BCUT2D eigenvalue weighted by Crippen LogP contribution is -2.29. The minimum absolute atomic E-state index is 0.0178. The summed E-state index contributed by atoms with van der Waals surface area (Å²) in [6, 6.07) is 10.8. The quantitative estimate of drug-likeness (QED) is 0.786. The van der Waals surface area contributed by atoms with E-state index in [4.69, 9.17) is 11.6 Å². The smallest absolute Gasteiger partial charge is 0.242 e. The highest BCUT2D eigenvalue weighted by Gasteiger charge is 2.36. The second-order valence-electron chi connectivity index (χ2n) is 6.12. The van der Waals surface area contributed by atoms with Crippen LogP contribution in [0.3, 0.4) is 0 Å². The molecule has 1 saturated heterocycles. The molecule has 1 amide bonds. The first-order valence-corrected chi connectivity index (χ1v) is 11.5. The number of benzene rings is 2. The molecule has 0 aromatic heterocycles. The summed E-state index contributed by atoms with van der Waals surface area (Å²) in [6.45, 7) is 1.63. The minimum Gasteiger partial charge on any atom is -0.273 e. The lowest BCUT2D eigenvalue weighted by atomic mass is 10.2. The average molecular weight is 429 g/mol. The van der Waals surface area contributed by atoms with Gasteiger partial charge in [-0.15, -0.1) is 0 Å². The molecule has 0 aliphatic carbocycles. The molecule has 0 saturated carbocycles. The molecule has 0 spiro atoms. The standard InChI is InChI=1S/C17H17ClN2O5S2/c1-12-10-15(20-17(21)8-9-26(20,22)23)6-7-16(12)27(24,25)19-11-13-2-4-14(18)5-3-13/h2-7,10,19H,8-9,11H2,1H3. The third-order valence-electron chi connectivity index (χ3n) is 4.14. The summed E-state index contributed by atoms with van der Waals surface area (Å²) in [5.74, 6) is -0.765. The van der Waals surface area contributed by atoms with E-state index in [1.165, 1.54) is 18.2 Å².